The van der Waals surface area contributed by atoms with Crippen molar-refractivity contribution in [2.45, 2.75) is 19.3 Å². The maximum atomic E-state index is 13.8. The third-order valence-corrected chi connectivity index (χ3v) is 3.92. The quantitative estimate of drug-likeness (QED) is 0.904. The molecule has 5 nitrogen and oxygen atoms in total. The normalized spacial score (nSPS) is 16.5. The number of benzene rings is 1. The van der Waals surface area contributed by atoms with Gasteiger partial charge in [-0.2, -0.15) is 0 Å². The Labute approximate surface area is 126 Å². The molecule has 118 valence electrons. The maximum Gasteiger partial charge on any atom is 0.236 e. The van der Waals surface area contributed by atoms with Crippen molar-refractivity contribution in [3.8, 4) is 0 Å². The predicted octanol–water partition coefficient (Wildman–Crippen LogP) is 1.55. The van der Waals surface area contributed by atoms with Gasteiger partial charge in [-0.3, -0.25) is 4.79 Å². The van der Waals surface area contributed by atoms with Gasteiger partial charge in [0, 0.05) is 37.2 Å². The largest absolute Gasteiger partial charge is 0.339 e. The van der Waals surface area contributed by atoms with E-state index < -0.39 is 17.0 Å². The first-order valence-electron chi connectivity index (χ1n) is 7.20. The summed E-state index contributed by atoms with van der Waals surface area (Å²) in [5, 5.41) is 3.02. The number of hydrogen-bond donors (Lipinski definition) is 2. The van der Waals surface area contributed by atoms with E-state index in [2.05, 4.69) is 15.3 Å². The molecule has 0 spiro atoms. The van der Waals surface area contributed by atoms with Crippen LogP contribution in [-0.4, -0.2) is 47.0 Å². The molecule has 2 N–H and O–H groups in total. The number of aromatic amines is 1. The fraction of sp³-hybridized carbons (Fsp3) is 0.467. The van der Waals surface area contributed by atoms with Crippen LogP contribution in [0.15, 0.2) is 12.1 Å². The molecule has 1 fully saturated rings. The van der Waals surface area contributed by atoms with E-state index >= 15 is 0 Å². The molecule has 2 heterocycles. The molecule has 2 aromatic rings. The van der Waals surface area contributed by atoms with Crippen LogP contribution in [0.25, 0.3) is 11.0 Å². The Balaban J connectivity index is 1.91. The second-order valence-corrected chi connectivity index (χ2v) is 6.24. The highest BCUT2D eigenvalue weighted by molar-refractivity contribution is 5.79. The Morgan fingerprint density at radius 2 is 2.14 bits per heavy atom. The van der Waals surface area contributed by atoms with E-state index in [1.807, 2.05) is 13.8 Å². The predicted molar refractivity (Wildman–Crippen MR) is 78.5 cm³/mol. The summed E-state index contributed by atoms with van der Waals surface area (Å²) in [6, 6.07) is 2.03. The fourth-order valence-electron chi connectivity index (χ4n) is 2.72. The number of piperazine rings is 1. The molecule has 22 heavy (non-hydrogen) atoms. The Kier molecular flexibility index (Phi) is 3.60. The van der Waals surface area contributed by atoms with E-state index in [0.717, 1.165) is 12.6 Å². The molecule has 0 saturated carbocycles. The summed E-state index contributed by atoms with van der Waals surface area (Å²) in [6.45, 7) is 6.03. The first-order valence-corrected chi connectivity index (χ1v) is 7.20. The summed E-state index contributed by atoms with van der Waals surface area (Å²) in [6.07, 6.45) is 0. The molecule has 0 unspecified atom stereocenters. The summed E-state index contributed by atoms with van der Waals surface area (Å²) < 4.78 is 27.1. The van der Waals surface area contributed by atoms with Gasteiger partial charge in [-0.05, 0) is 0 Å². The molecule has 1 aliphatic rings. The summed E-state index contributed by atoms with van der Waals surface area (Å²) in [5.41, 5.74) is -0.0436. The number of nitrogens with zero attached hydrogens (tertiary/aromatic N) is 2. The lowest BCUT2D eigenvalue weighted by molar-refractivity contribution is -0.132. The number of carbonyl (C=O) groups is 1. The van der Waals surface area contributed by atoms with Crippen LogP contribution in [0, 0.1) is 11.6 Å². The molecule has 7 heteroatoms. The first kappa shape index (κ1) is 14.9. The molecular formula is C15H18F2N4O. The van der Waals surface area contributed by atoms with Crippen LogP contribution in [0.4, 0.5) is 8.78 Å². The highest BCUT2D eigenvalue weighted by Crippen LogP contribution is 2.26. The zero-order valence-corrected chi connectivity index (χ0v) is 12.5. The van der Waals surface area contributed by atoms with E-state index in [-0.39, 0.29) is 16.9 Å². The van der Waals surface area contributed by atoms with Crippen LogP contribution in [0.3, 0.4) is 0 Å². The lowest BCUT2D eigenvalue weighted by Gasteiger charge is -2.34. The van der Waals surface area contributed by atoms with E-state index in [0.29, 0.717) is 25.5 Å². The lowest BCUT2D eigenvalue weighted by atomic mass is 9.91. The number of amides is 1. The monoisotopic (exact) mass is 308 g/mol. The van der Waals surface area contributed by atoms with Crippen molar-refractivity contribution in [1.29, 1.82) is 0 Å². The third kappa shape index (κ3) is 2.68. The zero-order valence-electron chi connectivity index (χ0n) is 12.5. The number of fused-ring (bicyclic) bond motifs is 1. The van der Waals surface area contributed by atoms with Crippen LogP contribution in [0.2, 0.25) is 0 Å². The zero-order chi connectivity index (χ0) is 15.9. The Morgan fingerprint density at radius 3 is 2.86 bits per heavy atom. The van der Waals surface area contributed by atoms with Gasteiger partial charge in [0.1, 0.15) is 17.2 Å². The standard InChI is InChI=1S/C15H18F2N4O/c1-15(2,8-21-4-3-18-7-12(21)22)14-19-11-6-9(16)5-10(17)13(11)20-14/h5-6,18H,3-4,7-8H2,1-2H3,(H,19,20). The van der Waals surface area contributed by atoms with Crippen LogP contribution in [0.5, 0.6) is 0 Å². The Hall–Kier alpha value is -2.02. The molecular weight excluding hydrogens is 290 g/mol. The van der Waals surface area contributed by atoms with Crippen LogP contribution < -0.4 is 5.32 Å². The third-order valence-electron chi connectivity index (χ3n) is 3.92. The first-order chi connectivity index (χ1) is 10.4. The van der Waals surface area contributed by atoms with Crippen molar-refractivity contribution in [1.82, 2.24) is 20.2 Å². The van der Waals surface area contributed by atoms with Gasteiger partial charge < -0.3 is 15.2 Å². The number of carbonyl (C=O) groups excluding carboxylic acids is 1. The van der Waals surface area contributed by atoms with Gasteiger partial charge in [0.05, 0.1) is 12.1 Å². The number of rotatable bonds is 3. The molecule has 1 aromatic carbocycles. The number of hydrogen-bond acceptors (Lipinski definition) is 3. The molecule has 1 saturated heterocycles. The Morgan fingerprint density at radius 1 is 1.36 bits per heavy atom. The summed E-state index contributed by atoms with van der Waals surface area (Å²) in [7, 11) is 0. The number of aromatic nitrogens is 2. The van der Waals surface area contributed by atoms with E-state index in [4.69, 9.17) is 0 Å². The van der Waals surface area contributed by atoms with Crippen molar-refractivity contribution < 1.29 is 13.6 Å². The number of nitrogens with one attached hydrogen (secondary N) is 2. The van der Waals surface area contributed by atoms with Gasteiger partial charge in [-0.1, -0.05) is 13.8 Å². The minimum atomic E-state index is -0.664. The molecule has 1 amide bonds. The maximum absolute atomic E-state index is 13.8. The average molecular weight is 308 g/mol. The minimum Gasteiger partial charge on any atom is -0.339 e. The molecule has 0 radical (unpaired) electrons. The smallest absolute Gasteiger partial charge is 0.236 e. The summed E-state index contributed by atoms with van der Waals surface area (Å²) >= 11 is 0. The van der Waals surface area contributed by atoms with Crippen molar-refractivity contribution in [3.63, 3.8) is 0 Å². The number of imidazole rings is 1. The molecule has 0 bridgehead atoms. The van der Waals surface area contributed by atoms with Gasteiger partial charge in [0.15, 0.2) is 5.82 Å². The van der Waals surface area contributed by atoms with Crippen LogP contribution >= 0.6 is 0 Å². The minimum absolute atomic E-state index is 0.0349. The lowest BCUT2D eigenvalue weighted by Crippen LogP contribution is -2.51. The van der Waals surface area contributed by atoms with Crippen molar-refractivity contribution in [2.75, 3.05) is 26.2 Å². The van der Waals surface area contributed by atoms with E-state index in [1.54, 1.807) is 4.90 Å². The molecule has 1 aliphatic heterocycles. The number of H-pyrrole nitrogens is 1. The van der Waals surface area contributed by atoms with Crippen molar-refractivity contribution >= 4 is 16.9 Å². The van der Waals surface area contributed by atoms with Gasteiger partial charge in [0.2, 0.25) is 5.91 Å². The average Bonchev–Trinajstić information content (AvgIpc) is 2.86. The second kappa shape index (κ2) is 5.31. The Bertz CT molecular complexity index is 726. The topological polar surface area (TPSA) is 61.0 Å². The summed E-state index contributed by atoms with van der Waals surface area (Å²) in [5.74, 6) is -0.744. The van der Waals surface area contributed by atoms with Gasteiger partial charge in [0.25, 0.3) is 0 Å². The second-order valence-electron chi connectivity index (χ2n) is 6.24. The number of halogens is 2. The van der Waals surface area contributed by atoms with E-state index in [9.17, 15) is 13.6 Å². The molecule has 1 aromatic heterocycles. The molecule has 0 aliphatic carbocycles. The highest BCUT2D eigenvalue weighted by Gasteiger charge is 2.31. The highest BCUT2D eigenvalue weighted by atomic mass is 19.1. The van der Waals surface area contributed by atoms with Gasteiger partial charge in [-0.25, -0.2) is 13.8 Å². The molecule has 0 atom stereocenters. The fourth-order valence-corrected chi connectivity index (χ4v) is 2.72. The van der Waals surface area contributed by atoms with E-state index in [1.165, 1.54) is 6.07 Å². The van der Waals surface area contributed by atoms with Gasteiger partial charge >= 0.3 is 0 Å². The SMILES string of the molecule is CC(C)(CN1CCNCC1=O)c1nc2cc(F)cc(F)c2[nH]1. The van der Waals surface area contributed by atoms with Crippen molar-refractivity contribution in [2.24, 2.45) is 0 Å². The molecule has 3 rings (SSSR count). The van der Waals surface area contributed by atoms with Gasteiger partial charge in [-0.15, -0.1) is 0 Å². The van der Waals surface area contributed by atoms with Crippen molar-refractivity contribution in [3.05, 3.63) is 29.6 Å². The summed E-state index contributed by atoms with van der Waals surface area (Å²) in [4.78, 5) is 20.9. The van der Waals surface area contributed by atoms with Crippen LogP contribution in [-0.2, 0) is 10.2 Å². The van der Waals surface area contributed by atoms with Crippen LogP contribution in [0.1, 0.15) is 19.7 Å².